The van der Waals surface area contributed by atoms with Crippen LogP contribution in [0.3, 0.4) is 0 Å². The van der Waals surface area contributed by atoms with Gasteiger partial charge in [0.05, 0.1) is 0 Å². The molecular formula is C5H6NSe. The molecule has 0 aromatic heterocycles. The number of nitrogens with one attached hydrogen (secondary N) is 1. The summed E-state index contributed by atoms with van der Waals surface area (Å²) in [7, 11) is 0. The van der Waals surface area contributed by atoms with Crippen LogP contribution in [0, 0.1) is 0 Å². The Kier molecular flexibility index (Phi) is 1.55. The van der Waals surface area contributed by atoms with Crippen LogP contribution in [-0.2, 0) is 0 Å². The summed E-state index contributed by atoms with van der Waals surface area (Å²) < 4.78 is 1.13. The van der Waals surface area contributed by atoms with Gasteiger partial charge in [0.15, 0.2) is 0 Å². The maximum atomic E-state index is 3.01. The van der Waals surface area contributed by atoms with Gasteiger partial charge in [0.2, 0.25) is 0 Å². The quantitative estimate of drug-likeness (QED) is 0.507. The van der Waals surface area contributed by atoms with E-state index in [4.69, 9.17) is 0 Å². The van der Waals surface area contributed by atoms with Crippen LogP contribution in [0.4, 0.5) is 0 Å². The molecule has 0 aliphatic carbocycles. The third kappa shape index (κ3) is 1.38. The van der Waals surface area contributed by atoms with Crippen LogP contribution >= 0.6 is 0 Å². The van der Waals surface area contributed by atoms with Crippen LogP contribution in [0.1, 0.15) is 6.42 Å². The van der Waals surface area contributed by atoms with Crippen LogP contribution in [0.2, 0.25) is 0 Å². The van der Waals surface area contributed by atoms with Gasteiger partial charge in [0.1, 0.15) is 0 Å². The zero-order chi connectivity index (χ0) is 5.11. The molecule has 0 aromatic carbocycles. The standard InChI is InChI=1S/C5H6NSe/c7-5-3-1-2-4-6-5/h2-4,6H,1H2. The molecule has 1 N–H and O–H groups in total. The topological polar surface area (TPSA) is 12.0 Å². The molecule has 2 heteroatoms. The molecule has 1 rings (SSSR count). The Bertz CT molecular complexity index is 115. The van der Waals surface area contributed by atoms with Gasteiger partial charge in [-0.1, -0.05) is 0 Å². The number of allylic oxidation sites excluding steroid dienone is 2. The van der Waals surface area contributed by atoms with Crippen molar-refractivity contribution in [3.63, 3.8) is 0 Å². The third-order valence-corrected chi connectivity index (χ3v) is 1.38. The molecule has 0 bridgehead atoms. The summed E-state index contributed by atoms with van der Waals surface area (Å²) in [5.41, 5.74) is 0. The fourth-order valence-electron chi connectivity index (χ4n) is 0.443. The second-order valence-electron chi connectivity index (χ2n) is 1.35. The van der Waals surface area contributed by atoms with Crippen molar-refractivity contribution < 1.29 is 0 Å². The molecule has 0 amide bonds. The number of rotatable bonds is 0. The van der Waals surface area contributed by atoms with Crippen LogP contribution in [0.5, 0.6) is 0 Å². The van der Waals surface area contributed by atoms with Gasteiger partial charge in [0, 0.05) is 0 Å². The Morgan fingerprint density at radius 2 is 2.57 bits per heavy atom. The zero-order valence-electron chi connectivity index (χ0n) is 3.85. The van der Waals surface area contributed by atoms with Gasteiger partial charge in [0.25, 0.3) is 0 Å². The molecule has 0 atom stereocenters. The van der Waals surface area contributed by atoms with Gasteiger partial charge in [-0.15, -0.1) is 0 Å². The molecule has 1 aliphatic rings. The van der Waals surface area contributed by atoms with E-state index in [1.807, 2.05) is 6.20 Å². The Balaban J connectivity index is 2.50. The summed E-state index contributed by atoms with van der Waals surface area (Å²) >= 11 is 2.88. The average molecular weight is 159 g/mol. The normalized spacial score (nSPS) is 18.0. The molecule has 1 radical (unpaired) electrons. The molecule has 0 saturated carbocycles. The summed E-state index contributed by atoms with van der Waals surface area (Å²) in [6, 6.07) is 0. The minimum atomic E-state index is 1.05. The van der Waals surface area contributed by atoms with Crippen LogP contribution in [0.15, 0.2) is 22.9 Å². The van der Waals surface area contributed by atoms with Crippen LogP contribution < -0.4 is 5.32 Å². The van der Waals surface area contributed by atoms with Crippen LogP contribution in [-0.4, -0.2) is 16.0 Å². The molecule has 0 unspecified atom stereocenters. The van der Waals surface area contributed by atoms with E-state index >= 15 is 0 Å². The van der Waals surface area contributed by atoms with E-state index in [0.717, 1.165) is 11.0 Å². The molecule has 37 valence electrons. The molecule has 1 heterocycles. The second kappa shape index (κ2) is 2.20. The number of hydrogen-bond acceptors (Lipinski definition) is 1. The van der Waals surface area contributed by atoms with Gasteiger partial charge in [-0.05, 0) is 0 Å². The number of hydrogen-bond donors (Lipinski definition) is 1. The third-order valence-electron chi connectivity index (χ3n) is 0.783. The summed E-state index contributed by atoms with van der Waals surface area (Å²) in [5.74, 6) is 0. The van der Waals surface area contributed by atoms with Gasteiger partial charge < -0.3 is 0 Å². The van der Waals surface area contributed by atoms with Crippen molar-refractivity contribution in [2.75, 3.05) is 0 Å². The van der Waals surface area contributed by atoms with E-state index in [0.29, 0.717) is 0 Å². The van der Waals surface area contributed by atoms with E-state index in [1.165, 1.54) is 0 Å². The van der Waals surface area contributed by atoms with E-state index in [2.05, 4.69) is 33.5 Å². The van der Waals surface area contributed by atoms with Crippen molar-refractivity contribution in [3.05, 3.63) is 22.9 Å². The minimum absolute atomic E-state index is 1.05. The van der Waals surface area contributed by atoms with Crippen molar-refractivity contribution in [2.45, 2.75) is 6.42 Å². The van der Waals surface area contributed by atoms with Gasteiger partial charge in [-0.25, -0.2) is 0 Å². The fourth-order valence-corrected chi connectivity index (χ4v) is 0.788. The van der Waals surface area contributed by atoms with E-state index in [9.17, 15) is 0 Å². The first kappa shape index (κ1) is 4.95. The predicted molar refractivity (Wildman–Crippen MR) is 30.7 cm³/mol. The summed E-state index contributed by atoms with van der Waals surface area (Å²) in [6.45, 7) is 0. The Morgan fingerprint density at radius 3 is 2.86 bits per heavy atom. The predicted octanol–water partition coefficient (Wildman–Crippen LogP) is 0.503. The van der Waals surface area contributed by atoms with Gasteiger partial charge in [-0.3, -0.25) is 0 Å². The average Bonchev–Trinajstić information content (AvgIpc) is 1.69. The summed E-state index contributed by atoms with van der Waals surface area (Å²) in [4.78, 5) is 0. The molecule has 1 aliphatic heterocycles. The van der Waals surface area contributed by atoms with E-state index in [1.54, 1.807) is 0 Å². The Morgan fingerprint density at radius 1 is 1.71 bits per heavy atom. The molecule has 0 aromatic rings. The second-order valence-corrected chi connectivity index (χ2v) is 2.27. The fraction of sp³-hybridized carbons (Fsp3) is 0.200. The Hall–Kier alpha value is -0.201. The van der Waals surface area contributed by atoms with Gasteiger partial charge in [-0.2, -0.15) is 0 Å². The number of dihydropyridines is 1. The summed E-state index contributed by atoms with van der Waals surface area (Å²) in [6.07, 6.45) is 7.15. The van der Waals surface area contributed by atoms with E-state index < -0.39 is 0 Å². The molecule has 0 spiro atoms. The van der Waals surface area contributed by atoms with Gasteiger partial charge >= 0.3 is 50.7 Å². The first-order valence-corrected chi connectivity index (χ1v) is 3.04. The summed E-state index contributed by atoms with van der Waals surface area (Å²) in [5, 5.41) is 3.01. The molecular weight excluding hydrogens is 153 g/mol. The molecule has 7 heavy (non-hydrogen) atoms. The Labute approximate surface area is 51.3 Å². The monoisotopic (exact) mass is 160 g/mol. The van der Waals surface area contributed by atoms with Crippen molar-refractivity contribution in [3.8, 4) is 0 Å². The van der Waals surface area contributed by atoms with Crippen molar-refractivity contribution >= 4 is 16.0 Å². The molecule has 0 saturated heterocycles. The van der Waals surface area contributed by atoms with Crippen molar-refractivity contribution in [1.29, 1.82) is 0 Å². The zero-order valence-corrected chi connectivity index (χ0v) is 5.56. The van der Waals surface area contributed by atoms with E-state index in [-0.39, 0.29) is 0 Å². The molecule has 0 fully saturated rings. The van der Waals surface area contributed by atoms with Crippen molar-refractivity contribution in [1.82, 2.24) is 5.32 Å². The van der Waals surface area contributed by atoms with Crippen LogP contribution in [0.25, 0.3) is 0 Å². The molecule has 1 nitrogen and oxygen atoms in total. The first-order chi connectivity index (χ1) is 3.39. The first-order valence-electron chi connectivity index (χ1n) is 2.18. The maximum absolute atomic E-state index is 3.01. The van der Waals surface area contributed by atoms with Crippen molar-refractivity contribution in [2.24, 2.45) is 0 Å². The SMILES string of the molecule is [Se]C1=CCC=CN1.